The number of halogens is 2. The van der Waals surface area contributed by atoms with Crippen LogP contribution in [-0.4, -0.2) is 17.5 Å². The second kappa shape index (κ2) is 5.58. The Kier molecular flexibility index (Phi) is 4.40. The van der Waals surface area contributed by atoms with Gasteiger partial charge in [0.2, 0.25) is 6.43 Å². The Morgan fingerprint density at radius 1 is 1.25 bits per heavy atom. The van der Waals surface area contributed by atoms with Gasteiger partial charge in [-0.2, -0.15) is 0 Å². The number of rotatable bonds is 5. The molecule has 0 spiro atoms. The van der Waals surface area contributed by atoms with Gasteiger partial charge in [-0.25, -0.2) is 8.78 Å². The Morgan fingerprint density at radius 3 is 2.19 bits per heavy atom. The summed E-state index contributed by atoms with van der Waals surface area (Å²) in [5.41, 5.74) is 1.23. The maximum Gasteiger partial charge on any atom is 0.306 e. The van der Waals surface area contributed by atoms with Crippen LogP contribution in [0.4, 0.5) is 8.78 Å². The molecule has 4 heteroatoms. The number of alkyl halides is 2. The summed E-state index contributed by atoms with van der Waals surface area (Å²) in [6, 6.07) is 6.75. The lowest BCUT2D eigenvalue weighted by Crippen LogP contribution is -2.14. The summed E-state index contributed by atoms with van der Waals surface area (Å²) in [7, 11) is 0. The van der Waals surface area contributed by atoms with Crippen molar-refractivity contribution in [2.75, 3.05) is 0 Å². The number of benzene rings is 1. The Hall–Kier alpha value is -1.45. The Bertz CT molecular complexity index is 364. The van der Waals surface area contributed by atoms with Crippen molar-refractivity contribution in [3.63, 3.8) is 0 Å². The summed E-state index contributed by atoms with van der Waals surface area (Å²) in [6.07, 6.45) is -2.43. The summed E-state index contributed by atoms with van der Waals surface area (Å²) in [6.45, 7) is 1.57. The quantitative estimate of drug-likeness (QED) is 0.841. The zero-order valence-electron chi connectivity index (χ0n) is 8.99. The van der Waals surface area contributed by atoms with Crippen LogP contribution >= 0.6 is 0 Å². The van der Waals surface area contributed by atoms with Gasteiger partial charge in [-0.15, -0.1) is 0 Å². The van der Waals surface area contributed by atoms with Crippen LogP contribution in [-0.2, 0) is 17.6 Å². The molecule has 0 aliphatic heterocycles. The minimum absolute atomic E-state index is 0.290. The van der Waals surface area contributed by atoms with Crippen molar-refractivity contribution in [2.45, 2.75) is 26.2 Å². The number of hydrogen-bond donors (Lipinski definition) is 1. The molecule has 0 aliphatic carbocycles. The highest BCUT2D eigenvalue weighted by molar-refractivity contribution is 5.70. The zero-order valence-corrected chi connectivity index (χ0v) is 8.99. The van der Waals surface area contributed by atoms with Gasteiger partial charge in [0, 0.05) is 6.42 Å². The molecule has 0 radical (unpaired) electrons. The molecule has 16 heavy (non-hydrogen) atoms. The number of aliphatic carboxylic acids is 1. The van der Waals surface area contributed by atoms with Crippen LogP contribution in [0.2, 0.25) is 0 Å². The van der Waals surface area contributed by atoms with Gasteiger partial charge in [-0.05, 0) is 17.5 Å². The summed E-state index contributed by atoms with van der Waals surface area (Å²) < 4.78 is 24.6. The molecule has 0 aliphatic rings. The van der Waals surface area contributed by atoms with Crippen molar-refractivity contribution in [1.82, 2.24) is 0 Å². The first-order valence-electron chi connectivity index (χ1n) is 5.08. The SMILES string of the molecule is CC(Cc1ccccc1CC(F)F)C(=O)O. The molecule has 1 rings (SSSR count). The minimum Gasteiger partial charge on any atom is -0.481 e. The van der Waals surface area contributed by atoms with Crippen molar-refractivity contribution in [2.24, 2.45) is 5.92 Å². The molecule has 88 valence electrons. The third-order valence-electron chi connectivity index (χ3n) is 2.44. The van der Waals surface area contributed by atoms with Crippen LogP contribution in [0, 0.1) is 5.92 Å². The second-order valence-electron chi connectivity index (χ2n) is 3.81. The number of hydrogen-bond acceptors (Lipinski definition) is 1. The van der Waals surface area contributed by atoms with Gasteiger partial charge in [-0.1, -0.05) is 31.2 Å². The lowest BCUT2D eigenvalue weighted by atomic mass is 9.95. The smallest absolute Gasteiger partial charge is 0.306 e. The summed E-state index contributed by atoms with van der Waals surface area (Å²) in [4.78, 5) is 10.7. The molecule has 0 aromatic heterocycles. The second-order valence-corrected chi connectivity index (χ2v) is 3.81. The average molecular weight is 228 g/mol. The fraction of sp³-hybridized carbons (Fsp3) is 0.417. The molecule has 1 N–H and O–H groups in total. The highest BCUT2D eigenvalue weighted by Crippen LogP contribution is 2.17. The van der Waals surface area contributed by atoms with E-state index in [4.69, 9.17) is 5.11 Å². The van der Waals surface area contributed by atoms with Gasteiger partial charge in [0.15, 0.2) is 0 Å². The molecule has 1 aromatic rings. The van der Waals surface area contributed by atoms with Crippen LogP contribution in [0.1, 0.15) is 18.1 Å². The maximum atomic E-state index is 12.3. The third-order valence-corrected chi connectivity index (χ3v) is 2.44. The molecule has 0 heterocycles. The highest BCUT2D eigenvalue weighted by atomic mass is 19.3. The summed E-state index contributed by atoms with van der Waals surface area (Å²) in [5, 5.41) is 8.77. The molecule has 0 saturated carbocycles. The van der Waals surface area contributed by atoms with E-state index < -0.39 is 18.3 Å². The van der Waals surface area contributed by atoms with E-state index in [0.29, 0.717) is 11.1 Å². The van der Waals surface area contributed by atoms with E-state index in [-0.39, 0.29) is 12.8 Å². The normalized spacial score (nSPS) is 12.8. The van der Waals surface area contributed by atoms with Crippen LogP contribution in [0.15, 0.2) is 24.3 Å². The molecule has 0 fully saturated rings. The molecule has 1 atom stereocenters. The standard InChI is InChI=1S/C12H14F2O2/c1-8(12(15)16)6-9-4-2-3-5-10(9)7-11(13)14/h2-5,8,11H,6-7H2,1H3,(H,15,16). The zero-order chi connectivity index (χ0) is 12.1. The maximum absolute atomic E-state index is 12.3. The topological polar surface area (TPSA) is 37.3 Å². The molecule has 0 amide bonds. The predicted molar refractivity (Wildman–Crippen MR) is 56.7 cm³/mol. The van der Waals surface area contributed by atoms with E-state index in [9.17, 15) is 13.6 Å². The number of carboxylic acid groups (broad SMARTS) is 1. The van der Waals surface area contributed by atoms with Crippen molar-refractivity contribution in [3.05, 3.63) is 35.4 Å². The van der Waals surface area contributed by atoms with Gasteiger partial charge in [0.1, 0.15) is 0 Å². The summed E-state index contributed by atoms with van der Waals surface area (Å²) >= 11 is 0. The minimum atomic E-state index is -2.40. The Labute approximate surface area is 92.9 Å². The first-order valence-corrected chi connectivity index (χ1v) is 5.08. The van der Waals surface area contributed by atoms with E-state index in [2.05, 4.69) is 0 Å². The molecule has 0 saturated heterocycles. The molecule has 1 unspecified atom stereocenters. The van der Waals surface area contributed by atoms with Gasteiger partial charge in [0.05, 0.1) is 5.92 Å². The van der Waals surface area contributed by atoms with Gasteiger partial charge in [0.25, 0.3) is 0 Å². The number of carbonyl (C=O) groups is 1. The Balaban J connectivity index is 2.82. The summed E-state index contributed by atoms with van der Waals surface area (Å²) in [5.74, 6) is -1.47. The van der Waals surface area contributed by atoms with E-state index in [1.54, 1.807) is 31.2 Å². The van der Waals surface area contributed by atoms with E-state index in [0.717, 1.165) is 0 Å². The fourth-order valence-corrected chi connectivity index (χ4v) is 1.54. The predicted octanol–water partition coefficient (Wildman–Crippen LogP) is 2.76. The van der Waals surface area contributed by atoms with E-state index >= 15 is 0 Å². The van der Waals surface area contributed by atoms with Gasteiger partial charge < -0.3 is 5.11 Å². The fourth-order valence-electron chi connectivity index (χ4n) is 1.54. The van der Waals surface area contributed by atoms with Crippen molar-refractivity contribution >= 4 is 5.97 Å². The van der Waals surface area contributed by atoms with Crippen LogP contribution in [0.5, 0.6) is 0 Å². The largest absolute Gasteiger partial charge is 0.481 e. The first kappa shape index (κ1) is 12.6. The third kappa shape index (κ3) is 3.61. The lowest BCUT2D eigenvalue weighted by molar-refractivity contribution is -0.141. The first-order chi connectivity index (χ1) is 7.50. The van der Waals surface area contributed by atoms with Crippen LogP contribution in [0.3, 0.4) is 0 Å². The van der Waals surface area contributed by atoms with E-state index in [1.165, 1.54) is 0 Å². The van der Waals surface area contributed by atoms with Crippen LogP contribution in [0.25, 0.3) is 0 Å². The van der Waals surface area contributed by atoms with Crippen molar-refractivity contribution in [3.8, 4) is 0 Å². The van der Waals surface area contributed by atoms with Crippen molar-refractivity contribution < 1.29 is 18.7 Å². The average Bonchev–Trinajstić information content (AvgIpc) is 2.20. The Morgan fingerprint density at radius 2 is 1.75 bits per heavy atom. The monoisotopic (exact) mass is 228 g/mol. The molecule has 0 bridgehead atoms. The number of carboxylic acids is 1. The van der Waals surface area contributed by atoms with E-state index in [1.807, 2.05) is 0 Å². The molecular formula is C12H14F2O2. The van der Waals surface area contributed by atoms with Crippen LogP contribution < -0.4 is 0 Å². The molecule has 1 aromatic carbocycles. The lowest BCUT2D eigenvalue weighted by Gasteiger charge is -2.11. The van der Waals surface area contributed by atoms with Crippen molar-refractivity contribution in [1.29, 1.82) is 0 Å². The molecular weight excluding hydrogens is 214 g/mol. The van der Waals surface area contributed by atoms with Gasteiger partial charge >= 0.3 is 5.97 Å². The van der Waals surface area contributed by atoms with Gasteiger partial charge in [-0.3, -0.25) is 4.79 Å². The highest BCUT2D eigenvalue weighted by Gasteiger charge is 2.15. The molecule has 2 nitrogen and oxygen atoms in total.